The maximum Gasteiger partial charge on any atom is 0.330 e. The van der Waals surface area contributed by atoms with Crippen molar-refractivity contribution in [2.45, 2.75) is 18.7 Å². The van der Waals surface area contributed by atoms with Crippen LogP contribution >= 0.6 is 11.3 Å². The Bertz CT molecular complexity index is 849. The monoisotopic (exact) mass is 363 g/mol. The van der Waals surface area contributed by atoms with Crippen molar-refractivity contribution in [3.05, 3.63) is 64.4 Å². The third-order valence-electron chi connectivity index (χ3n) is 2.97. The molecule has 0 fully saturated rings. The molecule has 126 valence electrons. The third kappa shape index (κ3) is 4.87. The van der Waals surface area contributed by atoms with Crippen LogP contribution in [0, 0.1) is 6.92 Å². The van der Waals surface area contributed by atoms with E-state index in [1.54, 1.807) is 31.2 Å². The van der Waals surface area contributed by atoms with Gasteiger partial charge in [-0.3, -0.25) is 0 Å². The van der Waals surface area contributed by atoms with E-state index in [4.69, 9.17) is 4.74 Å². The van der Waals surface area contributed by atoms with Crippen LogP contribution in [0.15, 0.2) is 63.2 Å². The van der Waals surface area contributed by atoms with Gasteiger partial charge in [0, 0.05) is 6.08 Å². The highest BCUT2D eigenvalue weighted by atomic mass is 32.2. The fraction of sp³-hybridized carbons (Fsp3) is 0.176. The topological polar surface area (TPSA) is 72.8 Å². The lowest BCUT2D eigenvalue weighted by Crippen LogP contribution is -2.05. The molecule has 0 unspecified atom stereocenters. The Kier molecular flexibility index (Phi) is 6.05. The van der Waals surface area contributed by atoms with Crippen molar-refractivity contribution in [3.8, 4) is 0 Å². The zero-order valence-corrected chi connectivity index (χ0v) is 14.9. The maximum atomic E-state index is 12.5. The minimum absolute atomic E-state index is 0.103. The number of hydrogen-bond acceptors (Lipinski definition) is 5. The van der Waals surface area contributed by atoms with Crippen molar-refractivity contribution in [2.75, 3.05) is 6.61 Å². The van der Waals surface area contributed by atoms with Gasteiger partial charge in [-0.25, -0.2) is 4.79 Å². The highest BCUT2D eigenvalue weighted by Gasteiger charge is 2.15. The summed E-state index contributed by atoms with van der Waals surface area (Å²) in [7, 11) is -3.87. The second kappa shape index (κ2) is 8.03. The van der Waals surface area contributed by atoms with Crippen LogP contribution in [-0.4, -0.2) is 26.7 Å². The average Bonchev–Trinajstić information content (AvgIpc) is 3.06. The van der Waals surface area contributed by atoms with Crippen LogP contribution in [0.5, 0.6) is 0 Å². The second-order valence-electron chi connectivity index (χ2n) is 4.83. The first-order chi connectivity index (χ1) is 11.4. The number of carbonyl (C=O) groups excluding carboxylic acids is 1. The summed E-state index contributed by atoms with van der Waals surface area (Å²) in [5.41, 5.74) is 1.15. The van der Waals surface area contributed by atoms with E-state index in [0.29, 0.717) is 4.88 Å². The molecule has 2 rings (SSSR count). The summed E-state index contributed by atoms with van der Waals surface area (Å²) in [6.07, 6.45) is 2.53. The van der Waals surface area contributed by atoms with Crippen molar-refractivity contribution < 1.29 is 17.9 Å². The number of carbonyl (C=O) groups is 1. The first kappa shape index (κ1) is 18.1. The average molecular weight is 363 g/mol. The Morgan fingerprint density at radius 2 is 1.92 bits per heavy atom. The zero-order valence-electron chi connectivity index (χ0n) is 13.3. The maximum absolute atomic E-state index is 12.5. The molecule has 1 aromatic carbocycles. The largest absolute Gasteiger partial charge is 0.463 e. The van der Waals surface area contributed by atoms with Gasteiger partial charge < -0.3 is 4.74 Å². The van der Waals surface area contributed by atoms with E-state index in [9.17, 15) is 13.2 Å². The van der Waals surface area contributed by atoms with Crippen LogP contribution in [0.3, 0.4) is 0 Å². The van der Waals surface area contributed by atoms with Crippen LogP contribution in [0.1, 0.15) is 17.4 Å². The van der Waals surface area contributed by atoms with Crippen molar-refractivity contribution in [2.24, 2.45) is 4.40 Å². The van der Waals surface area contributed by atoms with E-state index < -0.39 is 16.0 Å². The number of sulfonamides is 1. The highest BCUT2D eigenvalue weighted by Crippen LogP contribution is 2.17. The molecule has 0 bridgehead atoms. The second-order valence-corrected chi connectivity index (χ2v) is 7.38. The predicted octanol–water partition coefficient (Wildman–Crippen LogP) is 3.35. The molecule has 0 radical (unpaired) electrons. The van der Waals surface area contributed by atoms with Crippen molar-refractivity contribution >= 4 is 33.0 Å². The zero-order chi connectivity index (χ0) is 17.6. The van der Waals surface area contributed by atoms with Gasteiger partial charge in [-0.15, -0.1) is 11.3 Å². The van der Waals surface area contributed by atoms with Gasteiger partial charge in [-0.2, -0.15) is 12.8 Å². The minimum atomic E-state index is -3.87. The third-order valence-corrected chi connectivity index (χ3v) is 5.17. The summed E-state index contributed by atoms with van der Waals surface area (Å²) >= 11 is 1.34. The Morgan fingerprint density at radius 3 is 2.50 bits per heavy atom. The van der Waals surface area contributed by atoms with Gasteiger partial charge in [-0.1, -0.05) is 23.8 Å². The molecule has 1 aromatic heterocycles. The number of nitrogens with zero attached hydrogens (tertiary/aromatic N) is 1. The quantitative estimate of drug-likeness (QED) is 0.448. The normalized spacial score (nSPS) is 12.5. The van der Waals surface area contributed by atoms with Crippen LogP contribution in [-0.2, 0) is 19.6 Å². The summed E-state index contributed by atoms with van der Waals surface area (Å²) in [6.45, 7) is 3.82. The van der Waals surface area contributed by atoms with E-state index in [-0.39, 0.29) is 17.2 Å². The smallest absolute Gasteiger partial charge is 0.330 e. The number of aryl methyl sites for hydroxylation is 1. The Balaban J connectivity index is 2.41. The lowest BCUT2D eigenvalue weighted by Gasteiger charge is -2.02. The molecular formula is C17H17NO4S2. The summed E-state index contributed by atoms with van der Waals surface area (Å²) in [5, 5.41) is 1.81. The van der Waals surface area contributed by atoms with E-state index in [1.165, 1.54) is 35.6 Å². The molecule has 0 aliphatic rings. The van der Waals surface area contributed by atoms with Crippen molar-refractivity contribution in [1.82, 2.24) is 0 Å². The molecular weight excluding hydrogens is 346 g/mol. The molecule has 0 spiro atoms. The number of esters is 1. The number of allylic oxidation sites excluding steroid dienone is 1. The molecule has 5 nitrogen and oxygen atoms in total. The molecule has 0 aliphatic heterocycles. The number of rotatable bonds is 6. The number of benzene rings is 1. The molecule has 0 amide bonds. The van der Waals surface area contributed by atoms with Gasteiger partial charge in [0.05, 0.1) is 22.1 Å². The molecule has 0 saturated heterocycles. The van der Waals surface area contributed by atoms with Gasteiger partial charge in [0.1, 0.15) is 0 Å². The minimum Gasteiger partial charge on any atom is -0.463 e. The molecule has 0 saturated carbocycles. The van der Waals surface area contributed by atoms with Crippen LogP contribution in [0.25, 0.3) is 0 Å². The summed E-state index contributed by atoms with van der Waals surface area (Å²) < 4.78 is 33.7. The Morgan fingerprint density at radius 1 is 1.21 bits per heavy atom. The standard InChI is InChI=1S/C17H17NO4S2/c1-3-22-17(19)11-10-15(16-5-4-12-23-16)18-24(20,21)14-8-6-13(2)7-9-14/h4-12H,3H2,1-2H3/b11-10+,18-15-. The van der Waals surface area contributed by atoms with E-state index in [1.807, 2.05) is 12.3 Å². The number of ether oxygens (including phenoxy) is 1. The van der Waals surface area contributed by atoms with Gasteiger partial charge in [0.15, 0.2) is 0 Å². The van der Waals surface area contributed by atoms with Gasteiger partial charge >= 0.3 is 5.97 Å². The van der Waals surface area contributed by atoms with E-state index >= 15 is 0 Å². The Hall–Kier alpha value is -2.25. The fourth-order valence-electron chi connectivity index (χ4n) is 1.81. The molecule has 0 atom stereocenters. The van der Waals surface area contributed by atoms with E-state index in [0.717, 1.165) is 5.56 Å². The van der Waals surface area contributed by atoms with Gasteiger partial charge in [-0.05, 0) is 43.5 Å². The van der Waals surface area contributed by atoms with Gasteiger partial charge in [0.2, 0.25) is 0 Å². The van der Waals surface area contributed by atoms with Gasteiger partial charge in [0.25, 0.3) is 10.0 Å². The van der Waals surface area contributed by atoms with Crippen LogP contribution in [0.4, 0.5) is 0 Å². The van der Waals surface area contributed by atoms with Crippen molar-refractivity contribution in [1.29, 1.82) is 0 Å². The highest BCUT2D eigenvalue weighted by molar-refractivity contribution is 7.90. The molecule has 0 N–H and O–H groups in total. The van der Waals surface area contributed by atoms with Crippen LogP contribution < -0.4 is 0 Å². The van der Waals surface area contributed by atoms with E-state index in [2.05, 4.69) is 4.40 Å². The summed E-state index contributed by atoms with van der Waals surface area (Å²) in [4.78, 5) is 12.2. The van der Waals surface area contributed by atoms with Crippen LogP contribution in [0.2, 0.25) is 0 Å². The summed E-state index contributed by atoms with van der Waals surface area (Å²) in [6, 6.07) is 9.96. The summed E-state index contributed by atoms with van der Waals surface area (Å²) in [5.74, 6) is -0.547. The number of thiophene rings is 1. The lowest BCUT2D eigenvalue weighted by atomic mass is 10.2. The lowest BCUT2D eigenvalue weighted by molar-refractivity contribution is -0.137. The molecule has 1 heterocycles. The Labute approximate surface area is 145 Å². The molecule has 7 heteroatoms. The first-order valence-electron chi connectivity index (χ1n) is 7.22. The number of hydrogen-bond donors (Lipinski definition) is 0. The fourth-order valence-corrected chi connectivity index (χ4v) is 3.57. The molecule has 24 heavy (non-hydrogen) atoms. The predicted molar refractivity (Wildman–Crippen MR) is 95.0 cm³/mol. The molecule has 0 aliphatic carbocycles. The molecule has 2 aromatic rings. The van der Waals surface area contributed by atoms with Crippen molar-refractivity contribution in [3.63, 3.8) is 0 Å². The SMILES string of the molecule is CCOC(=O)/C=C/C(=N/S(=O)(=O)c1ccc(C)cc1)c1cccs1. The first-order valence-corrected chi connectivity index (χ1v) is 9.54.